The SMILES string of the molecule is Cc1ccnc(NC(=O)C2CCN(CC(=O)NC(C)c3ccccc3)CC2)c1. The van der Waals surface area contributed by atoms with E-state index >= 15 is 0 Å². The number of aromatic nitrogens is 1. The summed E-state index contributed by atoms with van der Waals surface area (Å²) in [6, 6.07) is 13.7. The number of hydrogen-bond donors (Lipinski definition) is 2. The fourth-order valence-electron chi connectivity index (χ4n) is 3.50. The number of carbonyl (C=O) groups excluding carboxylic acids is 2. The van der Waals surface area contributed by atoms with Crippen LogP contribution < -0.4 is 10.6 Å². The predicted octanol–water partition coefficient (Wildman–Crippen LogP) is 2.92. The molecule has 1 aliphatic rings. The predicted molar refractivity (Wildman–Crippen MR) is 110 cm³/mol. The first-order chi connectivity index (χ1) is 13.5. The van der Waals surface area contributed by atoms with E-state index in [1.807, 2.05) is 56.3 Å². The lowest BCUT2D eigenvalue weighted by atomic mass is 9.96. The summed E-state index contributed by atoms with van der Waals surface area (Å²) in [5.41, 5.74) is 2.16. The zero-order valence-electron chi connectivity index (χ0n) is 16.5. The number of aryl methyl sites for hydroxylation is 1. The molecule has 28 heavy (non-hydrogen) atoms. The van der Waals surface area contributed by atoms with E-state index in [1.54, 1.807) is 6.20 Å². The van der Waals surface area contributed by atoms with Gasteiger partial charge in [-0.3, -0.25) is 14.5 Å². The van der Waals surface area contributed by atoms with E-state index in [-0.39, 0.29) is 23.8 Å². The van der Waals surface area contributed by atoms with Gasteiger partial charge in [-0.15, -0.1) is 0 Å². The highest BCUT2D eigenvalue weighted by molar-refractivity contribution is 5.91. The Morgan fingerprint density at radius 3 is 2.57 bits per heavy atom. The Bertz CT molecular complexity index is 801. The van der Waals surface area contributed by atoms with Gasteiger partial charge in [-0.25, -0.2) is 4.98 Å². The zero-order chi connectivity index (χ0) is 19.9. The van der Waals surface area contributed by atoms with Crippen LogP contribution in [0, 0.1) is 12.8 Å². The van der Waals surface area contributed by atoms with E-state index in [2.05, 4.69) is 20.5 Å². The molecule has 1 fully saturated rings. The normalized spacial score (nSPS) is 16.4. The van der Waals surface area contributed by atoms with Crippen molar-refractivity contribution in [3.8, 4) is 0 Å². The minimum absolute atomic E-state index is 0.0138. The van der Waals surface area contributed by atoms with E-state index < -0.39 is 0 Å². The van der Waals surface area contributed by atoms with Gasteiger partial charge in [0.05, 0.1) is 12.6 Å². The molecular formula is C22H28N4O2. The number of hydrogen-bond acceptors (Lipinski definition) is 4. The van der Waals surface area contributed by atoms with Crippen LogP contribution in [0.2, 0.25) is 0 Å². The maximum atomic E-state index is 12.5. The molecule has 0 aliphatic carbocycles. The second kappa shape index (κ2) is 9.46. The molecule has 0 saturated carbocycles. The molecule has 2 aromatic rings. The van der Waals surface area contributed by atoms with Gasteiger partial charge in [0.1, 0.15) is 5.82 Å². The number of benzene rings is 1. The van der Waals surface area contributed by atoms with Gasteiger partial charge in [-0.1, -0.05) is 30.3 Å². The molecule has 1 atom stereocenters. The number of piperidine rings is 1. The number of amides is 2. The van der Waals surface area contributed by atoms with Gasteiger partial charge in [-0.05, 0) is 63.0 Å². The van der Waals surface area contributed by atoms with E-state index in [4.69, 9.17) is 0 Å². The lowest BCUT2D eigenvalue weighted by molar-refractivity contribution is -0.124. The highest BCUT2D eigenvalue weighted by atomic mass is 16.2. The van der Waals surface area contributed by atoms with Gasteiger partial charge in [0.2, 0.25) is 11.8 Å². The van der Waals surface area contributed by atoms with Crippen molar-refractivity contribution in [1.82, 2.24) is 15.2 Å². The van der Waals surface area contributed by atoms with Crippen molar-refractivity contribution in [1.29, 1.82) is 0 Å². The van der Waals surface area contributed by atoms with Gasteiger partial charge >= 0.3 is 0 Å². The summed E-state index contributed by atoms with van der Waals surface area (Å²) in [6.07, 6.45) is 3.20. The van der Waals surface area contributed by atoms with Crippen molar-refractivity contribution >= 4 is 17.6 Å². The molecule has 2 amide bonds. The molecule has 0 spiro atoms. The summed E-state index contributed by atoms with van der Waals surface area (Å²) >= 11 is 0. The fourth-order valence-corrected chi connectivity index (χ4v) is 3.50. The van der Waals surface area contributed by atoms with Crippen LogP contribution in [0.25, 0.3) is 0 Å². The molecule has 1 unspecified atom stereocenters. The fraction of sp³-hybridized carbons (Fsp3) is 0.409. The highest BCUT2D eigenvalue weighted by Crippen LogP contribution is 2.19. The van der Waals surface area contributed by atoms with Crippen LogP contribution in [0.1, 0.15) is 36.9 Å². The molecule has 1 saturated heterocycles. The largest absolute Gasteiger partial charge is 0.348 e. The van der Waals surface area contributed by atoms with E-state index in [0.717, 1.165) is 37.1 Å². The average Bonchev–Trinajstić information content (AvgIpc) is 2.69. The van der Waals surface area contributed by atoms with Crippen LogP contribution >= 0.6 is 0 Å². The number of rotatable bonds is 6. The average molecular weight is 380 g/mol. The van der Waals surface area contributed by atoms with Crippen molar-refractivity contribution in [2.24, 2.45) is 5.92 Å². The van der Waals surface area contributed by atoms with Gasteiger partial charge in [-0.2, -0.15) is 0 Å². The Balaban J connectivity index is 1.42. The third-order valence-electron chi connectivity index (χ3n) is 5.17. The third kappa shape index (κ3) is 5.63. The minimum atomic E-state index is -0.0372. The summed E-state index contributed by atoms with van der Waals surface area (Å²) in [7, 11) is 0. The van der Waals surface area contributed by atoms with Gasteiger partial charge in [0, 0.05) is 12.1 Å². The van der Waals surface area contributed by atoms with E-state index in [1.165, 1.54) is 0 Å². The summed E-state index contributed by atoms with van der Waals surface area (Å²) in [5, 5.41) is 5.95. The number of anilines is 1. The molecule has 0 bridgehead atoms. The van der Waals surface area contributed by atoms with Crippen LogP contribution in [-0.2, 0) is 9.59 Å². The quantitative estimate of drug-likeness (QED) is 0.808. The lowest BCUT2D eigenvalue weighted by Crippen LogP contribution is -2.43. The second-order valence-electron chi connectivity index (χ2n) is 7.46. The third-order valence-corrected chi connectivity index (χ3v) is 5.17. The monoisotopic (exact) mass is 380 g/mol. The Labute approximate surface area is 166 Å². The molecule has 148 valence electrons. The summed E-state index contributed by atoms with van der Waals surface area (Å²) in [4.78, 5) is 31.1. The second-order valence-corrected chi connectivity index (χ2v) is 7.46. The number of nitrogens with zero attached hydrogens (tertiary/aromatic N) is 2. The number of likely N-dealkylation sites (tertiary alicyclic amines) is 1. The Kier molecular flexibility index (Phi) is 6.76. The molecule has 1 aromatic heterocycles. The Morgan fingerprint density at radius 1 is 1.18 bits per heavy atom. The smallest absolute Gasteiger partial charge is 0.234 e. The molecular weight excluding hydrogens is 352 g/mol. The number of nitrogens with one attached hydrogen (secondary N) is 2. The van der Waals surface area contributed by atoms with Gasteiger partial charge in [0.15, 0.2) is 0 Å². The van der Waals surface area contributed by atoms with Crippen molar-refractivity contribution in [2.45, 2.75) is 32.7 Å². The standard InChI is InChI=1S/C22H28N4O2/c1-16-8-11-23-20(14-16)25-22(28)19-9-12-26(13-10-19)15-21(27)24-17(2)18-6-4-3-5-7-18/h3-8,11,14,17,19H,9-10,12-13,15H2,1-2H3,(H,24,27)(H,23,25,28). The van der Waals surface area contributed by atoms with Crippen molar-refractivity contribution in [2.75, 3.05) is 25.0 Å². The topological polar surface area (TPSA) is 74.3 Å². The molecule has 2 N–H and O–H groups in total. The van der Waals surface area contributed by atoms with Crippen LogP contribution in [0.3, 0.4) is 0 Å². The molecule has 6 nitrogen and oxygen atoms in total. The Morgan fingerprint density at radius 2 is 1.89 bits per heavy atom. The van der Waals surface area contributed by atoms with Crippen molar-refractivity contribution < 1.29 is 9.59 Å². The molecule has 1 aliphatic heterocycles. The van der Waals surface area contributed by atoms with Crippen LogP contribution in [0.4, 0.5) is 5.82 Å². The van der Waals surface area contributed by atoms with Crippen LogP contribution in [0.15, 0.2) is 48.7 Å². The number of pyridine rings is 1. The maximum Gasteiger partial charge on any atom is 0.234 e. The molecule has 1 aromatic carbocycles. The van der Waals surface area contributed by atoms with E-state index in [0.29, 0.717) is 12.4 Å². The lowest BCUT2D eigenvalue weighted by Gasteiger charge is -2.31. The van der Waals surface area contributed by atoms with Crippen LogP contribution in [-0.4, -0.2) is 41.3 Å². The van der Waals surface area contributed by atoms with Crippen molar-refractivity contribution in [3.05, 3.63) is 59.8 Å². The summed E-state index contributed by atoms with van der Waals surface area (Å²) < 4.78 is 0. The maximum absolute atomic E-state index is 12.5. The molecule has 2 heterocycles. The minimum Gasteiger partial charge on any atom is -0.348 e. The first-order valence-corrected chi connectivity index (χ1v) is 9.81. The molecule has 3 rings (SSSR count). The summed E-state index contributed by atoms with van der Waals surface area (Å²) in [6.45, 7) is 5.81. The Hall–Kier alpha value is -2.73. The van der Waals surface area contributed by atoms with Crippen molar-refractivity contribution in [3.63, 3.8) is 0 Å². The number of carbonyl (C=O) groups is 2. The van der Waals surface area contributed by atoms with Crippen LogP contribution in [0.5, 0.6) is 0 Å². The first-order valence-electron chi connectivity index (χ1n) is 9.81. The first kappa shape index (κ1) is 20.0. The van der Waals surface area contributed by atoms with Gasteiger partial charge < -0.3 is 10.6 Å². The van der Waals surface area contributed by atoms with E-state index in [9.17, 15) is 9.59 Å². The molecule has 6 heteroatoms. The highest BCUT2D eigenvalue weighted by Gasteiger charge is 2.26. The molecule has 0 radical (unpaired) electrons. The van der Waals surface area contributed by atoms with Gasteiger partial charge in [0.25, 0.3) is 0 Å². The zero-order valence-corrected chi connectivity index (χ0v) is 16.5. The summed E-state index contributed by atoms with van der Waals surface area (Å²) in [5.74, 6) is 0.592.